The molecule has 0 saturated carbocycles. The zero-order valence-corrected chi connectivity index (χ0v) is 17.9. The molecule has 28 heavy (non-hydrogen) atoms. The fraction of sp³-hybridized carbons (Fsp3) is 0.200. The van der Waals surface area contributed by atoms with Crippen LogP contribution in [0.3, 0.4) is 0 Å². The van der Waals surface area contributed by atoms with E-state index in [2.05, 4.69) is 4.72 Å². The molecule has 0 bridgehead atoms. The Hall–Kier alpha value is -2.00. The fourth-order valence-electron chi connectivity index (χ4n) is 2.90. The van der Waals surface area contributed by atoms with Gasteiger partial charge in [0, 0.05) is 6.54 Å². The fourth-order valence-corrected chi connectivity index (χ4v) is 7.25. The Morgan fingerprint density at radius 3 is 2.29 bits per heavy atom. The van der Waals surface area contributed by atoms with Gasteiger partial charge in [-0.25, -0.2) is 21.6 Å². The van der Waals surface area contributed by atoms with Gasteiger partial charge in [0.05, 0.1) is 4.90 Å². The zero-order chi connectivity index (χ0) is 20.4. The molecule has 0 aliphatic carbocycles. The standard InChI is InChI=1S/C20H21NO4S3/c1-15-10-11-16(2)18(13-15)28(24,25)21-14-19(17-7-4-3-5-8-17)27(22,23)20-9-6-12-26-20/h3-13,19,21H,14H2,1-2H3. The monoisotopic (exact) mass is 435 g/mol. The molecule has 1 N–H and O–H groups in total. The number of benzene rings is 2. The van der Waals surface area contributed by atoms with Gasteiger partial charge in [0.25, 0.3) is 0 Å². The van der Waals surface area contributed by atoms with Crippen molar-refractivity contribution in [2.75, 3.05) is 6.54 Å². The van der Waals surface area contributed by atoms with E-state index in [-0.39, 0.29) is 15.6 Å². The van der Waals surface area contributed by atoms with Crippen LogP contribution in [0.2, 0.25) is 0 Å². The minimum absolute atomic E-state index is 0.160. The Bertz CT molecular complexity index is 1150. The molecule has 0 spiro atoms. The van der Waals surface area contributed by atoms with Crippen LogP contribution in [0.25, 0.3) is 0 Å². The predicted molar refractivity (Wildman–Crippen MR) is 112 cm³/mol. The number of sulfone groups is 1. The lowest BCUT2D eigenvalue weighted by molar-refractivity contribution is 0.569. The van der Waals surface area contributed by atoms with Crippen LogP contribution in [0.4, 0.5) is 0 Å². The maximum absolute atomic E-state index is 13.1. The maximum atomic E-state index is 13.1. The third kappa shape index (κ3) is 4.35. The minimum Gasteiger partial charge on any atom is -0.222 e. The Morgan fingerprint density at radius 1 is 0.929 bits per heavy atom. The summed E-state index contributed by atoms with van der Waals surface area (Å²) in [6.07, 6.45) is 0. The van der Waals surface area contributed by atoms with E-state index in [9.17, 15) is 16.8 Å². The smallest absolute Gasteiger partial charge is 0.222 e. The van der Waals surface area contributed by atoms with E-state index in [1.165, 1.54) is 6.07 Å². The van der Waals surface area contributed by atoms with E-state index in [0.717, 1.165) is 16.9 Å². The molecule has 0 fully saturated rings. The molecule has 0 radical (unpaired) electrons. The number of nitrogens with one attached hydrogen (secondary N) is 1. The van der Waals surface area contributed by atoms with E-state index in [1.54, 1.807) is 60.8 Å². The van der Waals surface area contributed by atoms with Gasteiger partial charge in [-0.3, -0.25) is 0 Å². The highest BCUT2D eigenvalue weighted by Gasteiger charge is 2.31. The molecule has 2 aromatic carbocycles. The summed E-state index contributed by atoms with van der Waals surface area (Å²) in [5, 5.41) is 0.669. The zero-order valence-electron chi connectivity index (χ0n) is 15.5. The lowest BCUT2D eigenvalue weighted by Crippen LogP contribution is -2.32. The largest absolute Gasteiger partial charge is 0.240 e. The second-order valence-electron chi connectivity index (χ2n) is 6.50. The molecule has 0 amide bonds. The predicted octanol–water partition coefficient (Wildman–Crippen LogP) is 3.86. The Labute approximate surface area is 170 Å². The summed E-state index contributed by atoms with van der Waals surface area (Å²) in [5.41, 5.74) is 1.96. The summed E-state index contributed by atoms with van der Waals surface area (Å²) in [6.45, 7) is 3.28. The van der Waals surface area contributed by atoms with Crippen molar-refractivity contribution in [2.45, 2.75) is 28.2 Å². The molecule has 3 aromatic rings. The number of thiophene rings is 1. The molecule has 0 aliphatic heterocycles. The molecular weight excluding hydrogens is 414 g/mol. The maximum Gasteiger partial charge on any atom is 0.240 e. The Kier molecular flexibility index (Phi) is 6.04. The summed E-state index contributed by atoms with van der Waals surface area (Å²) >= 11 is 1.12. The van der Waals surface area contributed by atoms with E-state index < -0.39 is 25.1 Å². The second-order valence-corrected chi connectivity index (χ2v) is 11.5. The molecule has 0 aliphatic rings. The van der Waals surface area contributed by atoms with Crippen molar-refractivity contribution >= 4 is 31.2 Å². The Morgan fingerprint density at radius 2 is 1.64 bits per heavy atom. The van der Waals surface area contributed by atoms with Crippen LogP contribution in [0.15, 0.2) is 75.1 Å². The number of hydrogen-bond donors (Lipinski definition) is 1. The third-order valence-electron chi connectivity index (χ3n) is 4.41. The quantitative estimate of drug-likeness (QED) is 0.611. The van der Waals surface area contributed by atoms with E-state index >= 15 is 0 Å². The van der Waals surface area contributed by atoms with Gasteiger partial charge in [0.2, 0.25) is 10.0 Å². The van der Waals surface area contributed by atoms with Gasteiger partial charge in [-0.1, -0.05) is 48.5 Å². The van der Waals surface area contributed by atoms with E-state index in [0.29, 0.717) is 11.1 Å². The van der Waals surface area contributed by atoms with Crippen LogP contribution < -0.4 is 4.72 Å². The lowest BCUT2D eigenvalue weighted by Gasteiger charge is -2.19. The van der Waals surface area contributed by atoms with Crippen molar-refractivity contribution < 1.29 is 16.8 Å². The van der Waals surface area contributed by atoms with Crippen LogP contribution in [-0.2, 0) is 19.9 Å². The van der Waals surface area contributed by atoms with Gasteiger partial charge in [0.1, 0.15) is 9.46 Å². The molecule has 1 unspecified atom stereocenters. The first-order chi connectivity index (χ1) is 13.2. The number of aryl methyl sites for hydroxylation is 2. The van der Waals surface area contributed by atoms with Crippen molar-refractivity contribution in [1.82, 2.24) is 4.72 Å². The number of hydrogen-bond acceptors (Lipinski definition) is 5. The molecule has 5 nitrogen and oxygen atoms in total. The van der Waals surface area contributed by atoms with Gasteiger partial charge >= 0.3 is 0 Å². The van der Waals surface area contributed by atoms with Crippen LogP contribution in [0.5, 0.6) is 0 Å². The topological polar surface area (TPSA) is 80.3 Å². The second kappa shape index (κ2) is 8.16. The molecule has 148 valence electrons. The van der Waals surface area contributed by atoms with Crippen LogP contribution in [0.1, 0.15) is 21.9 Å². The van der Waals surface area contributed by atoms with Gasteiger partial charge in [0.15, 0.2) is 9.84 Å². The lowest BCUT2D eigenvalue weighted by atomic mass is 10.1. The summed E-state index contributed by atoms with van der Waals surface area (Å²) in [5.74, 6) is 0. The first-order valence-corrected chi connectivity index (χ1v) is 12.5. The molecule has 3 rings (SSSR count). The summed E-state index contributed by atoms with van der Waals surface area (Å²) in [7, 11) is -7.60. The third-order valence-corrected chi connectivity index (χ3v) is 9.51. The molecule has 0 saturated heterocycles. The van der Waals surface area contributed by atoms with Crippen LogP contribution in [-0.4, -0.2) is 23.4 Å². The van der Waals surface area contributed by atoms with Gasteiger partial charge in [-0.05, 0) is 48.1 Å². The normalized spacial score (nSPS) is 13.4. The van der Waals surface area contributed by atoms with Gasteiger partial charge in [-0.2, -0.15) is 0 Å². The van der Waals surface area contributed by atoms with Crippen LogP contribution >= 0.6 is 11.3 Å². The van der Waals surface area contributed by atoms with Crippen molar-refractivity contribution in [3.63, 3.8) is 0 Å². The summed E-state index contributed by atoms with van der Waals surface area (Å²) in [4.78, 5) is 0.160. The van der Waals surface area contributed by atoms with Crippen LogP contribution in [0, 0.1) is 13.8 Å². The van der Waals surface area contributed by atoms with Crippen molar-refractivity contribution in [2.24, 2.45) is 0 Å². The molecule has 1 heterocycles. The molecule has 1 aromatic heterocycles. The summed E-state index contributed by atoms with van der Waals surface area (Å²) < 4.78 is 54.7. The average Bonchev–Trinajstić information content (AvgIpc) is 3.20. The first kappa shape index (κ1) is 20.7. The number of rotatable bonds is 7. The average molecular weight is 436 g/mol. The molecule has 8 heteroatoms. The number of sulfonamides is 1. The van der Waals surface area contributed by atoms with Crippen molar-refractivity contribution in [3.8, 4) is 0 Å². The Balaban J connectivity index is 1.96. The SMILES string of the molecule is Cc1ccc(C)c(S(=O)(=O)NCC(c2ccccc2)S(=O)(=O)c2cccs2)c1. The highest BCUT2D eigenvalue weighted by molar-refractivity contribution is 7.93. The summed E-state index contributed by atoms with van der Waals surface area (Å²) in [6, 6.07) is 17.0. The highest BCUT2D eigenvalue weighted by Crippen LogP contribution is 2.31. The van der Waals surface area contributed by atoms with Crippen molar-refractivity contribution in [1.29, 1.82) is 0 Å². The van der Waals surface area contributed by atoms with Gasteiger partial charge in [-0.15, -0.1) is 11.3 Å². The molecular formula is C20H21NO4S3. The van der Waals surface area contributed by atoms with Gasteiger partial charge < -0.3 is 0 Å². The van der Waals surface area contributed by atoms with Crippen molar-refractivity contribution in [3.05, 3.63) is 82.7 Å². The minimum atomic E-state index is -3.86. The first-order valence-electron chi connectivity index (χ1n) is 8.61. The van der Waals surface area contributed by atoms with E-state index in [4.69, 9.17) is 0 Å². The highest BCUT2D eigenvalue weighted by atomic mass is 32.2. The van der Waals surface area contributed by atoms with E-state index in [1.807, 2.05) is 13.0 Å². The molecule has 1 atom stereocenters.